The SMILES string of the molecule is CNC(=O)N1CCc2cc(S(=O)(=O)N3CCCCC3)ccc21. The zero-order valence-electron chi connectivity index (χ0n) is 12.7. The molecule has 0 radical (unpaired) electrons. The summed E-state index contributed by atoms with van der Waals surface area (Å²) in [5.74, 6) is 0. The summed E-state index contributed by atoms with van der Waals surface area (Å²) in [5, 5.41) is 2.60. The van der Waals surface area contributed by atoms with Crippen molar-refractivity contribution in [1.82, 2.24) is 9.62 Å². The van der Waals surface area contributed by atoms with Gasteiger partial charge in [-0.25, -0.2) is 13.2 Å². The Labute approximate surface area is 131 Å². The van der Waals surface area contributed by atoms with Gasteiger partial charge >= 0.3 is 6.03 Å². The van der Waals surface area contributed by atoms with Crippen LogP contribution >= 0.6 is 0 Å². The Kier molecular flexibility index (Phi) is 4.10. The molecule has 2 heterocycles. The number of piperidine rings is 1. The van der Waals surface area contributed by atoms with Gasteiger partial charge in [-0.3, -0.25) is 4.90 Å². The van der Waals surface area contributed by atoms with Gasteiger partial charge in [0.25, 0.3) is 0 Å². The second-order valence-corrected chi connectivity index (χ2v) is 7.65. The van der Waals surface area contributed by atoms with Crippen molar-refractivity contribution in [1.29, 1.82) is 0 Å². The van der Waals surface area contributed by atoms with Gasteiger partial charge in [0, 0.05) is 32.4 Å². The molecule has 2 aliphatic rings. The number of hydrogen-bond acceptors (Lipinski definition) is 3. The predicted molar refractivity (Wildman–Crippen MR) is 84.6 cm³/mol. The van der Waals surface area contributed by atoms with Gasteiger partial charge in [0.1, 0.15) is 0 Å². The first-order chi connectivity index (χ1) is 10.5. The molecule has 0 aromatic heterocycles. The Morgan fingerprint density at radius 3 is 2.55 bits per heavy atom. The minimum absolute atomic E-state index is 0.162. The van der Waals surface area contributed by atoms with E-state index in [-0.39, 0.29) is 6.03 Å². The highest BCUT2D eigenvalue weighted by Gasteiger charge is 2.29. The van der Waals surface area contributed by atoms with E-state index in [0.29, 0.717) is 31.0 Å². The maximum absolute atomic E-state index is 12.7. The Bertz CT molecular complexity index is 681. The lowest BCUT2D eigenvalue weighted by Crippen LogP contribution is -2.36. The maximum atomic E-state index is 12.7. The monoisotopic (exact) mass is 323 g/mol. The number of amides is 2. The molecular formula is C15H21N3O3S. The number of carbonyl (C=O) groups is 1. The summed E-state index contributed by atoms with van der Waals surface area (Å²) in [6, 6.07) is 4.92. The summed E-state index contributed by atoms with van der Waals surface area (Å²) in [6.07, 6.45) is 3.63. The molecule has 0 bridgehead atoms. The number of sulfonamides is 1. The van der Waals surface area contributed by atoms with Crippen molar-refractivity contribution in [3.63, 3.8) is 0 Å². The van der Waals surface area contributed by atoms with Crippen LogP contribution in [0.15, 0.2) is 23.1 Å². The Morgan fingerprint density at radius 1 is 1.14 bits per heavy atom. The largest absolute Gasteiger partial charge is 0.341 e. The van der Waals surface area contributed by atoms with E-state index >= 15 is 0 Å². The molecule has 7 heteroatoms. The average Bonchev–Trinajstić information content (AvgIpc) is 2.98. The van der Waals surface area contributed by atoms with Gasteiger partial charge in [0.15, 0.2) is 0 Å². The fourth-order valence-electron chi connectivity index (χ4n) is 3.14. The van der Waals surface area contributed by atoms with Crippen LogP contribution in [0.4, 0.5) is 10.5 Å². The molecule has 3 rings (SSSR count). The Balaban J connectivity index is 1.90. The first-order valence-corrected chi connectivity index (χ1v) is 9.10. The van der Waals surface area contributed by atoms with E-state index in [2.05, 4.69) is 5.32 Å². The van der Waals surface area contributed by atoms with E-state index in [4.69, 9.17) is 0 Å². The molecule has 0 unspecified atom stereocenters. The van der Waals surface area contributed by atoms with Crippen LogP contribution in [0.2, 0.25) is 0 Å². The normalized spacial score (nSPS) is 19.0. The number of nitrogens with one attached hydrogen (secondary N) is 1. The lowest BCUT2D eigenvalue weighted by Gasteiger charge is -2.26. The van der Waals surface area contributed by atoms with Gasteiger partial charge in [0.05, 0.1) is 4.90 Å². The van der Waals surface area contributed by atoms with E-state index in [1.807, 2.05) is 0 Å². The topological polar surface area (TPSA) is 69.7 Å². The molecule has 6 nitrogen and oxygen atoms in total. The molecule has 22 heavy (non-hydrogen) atoms. The molecule has 0 spiro atoms. The van der Waals surface area contributed by atoms with Crippen molar-refractivity contribution >= 4 is 21.7 Å². The highest BCUT2D eigenvalue weighted by molar-refractivity contribution is 7.89. The molecule has 2 amide bonds. The average molecular weight is 323 g/mol. The fraction of sp³-hybridized carbons (Fsp3) is 0.533. The van der Waals surface area contributed by atoms with E-state index in [1.165, 1.54) is 0 Å². The fourth-order valence-corrected chi connectivity index (χ4v) is 4.71. The molecule has 1 aromatic rings. The molecule has 1 saturated heterocycles. The summed E-state index contributed by atoms with van der Waals surface area (Å²) in [6.45, 7) is 1.79. The van der Waals surface area contributed by atoms with Crippen molar-refractivity contribution in [3.8, 4) is 0 Å². The third-order valence-corrected chi connectivity index (χ3v) is 6.25. The molecule has 1 fully saturated rings. The van der Waals surface area contributed by atoms with E-state index in [0.717, 1.165) is 30.5 Å². The first-order valence-electron chi connectivity index (χ1n) is 7.66. The quantitative estimate of drug-likeness (QED) is 0.898. The highest BCUT2D eigenvalue weighted by Crippen LogP contribution is 2.31. The van der Waals surface area contributed by atoms with Crippen LogP contribution in [0.5, 0.6) is 0 Å². The van der Waals surface area contributed by atoms with Crippen LogP contribution in [0, 0.1) is 0 Å². The third kappa shape index (κ3) is 2.59. The first kappa shape index (κ1) is 15.3. The van der Waals surface area contributed by atoms with Gasteiger partial charge in [-0.05, 0) is 43.0 Å². The molecule has 2 aliphatic heterocycles. The minimum atomic E-state index is -3.41. The van der Waals surface area contributed by atoms with Crippen LogP contribution in [-0.4, -0.2) is 45.4 Å². The minimum Gasteiger partial charge on any atom is -0.341 e. The molecular weight excluding hydrogens is 302 g/mol. The number of fused-ring (bicyclic) bond motifs is 1. The van der Waals surface area contributed by atoms with Gasteiger partial charge in [-0.15, -0.1) is 0 Å². The summed E-state index contributed by atoms with van der Waals surface area (Å²) < 4.78 is 27.0. The van der Waals surface area contributed by atoms with Crippen LogP contribution in [0.1, 0.15) is 24.8 Å². The van der Waals surface area contributed by atoms with Crippen molar-refractivity contribution in [2.24, 2.45) is 0 Å². The maximum Gasteiger partial charge on any atom is 0.321 e. The molecule has 120 valence electrons. The Hall–Kier alpha value is -1.60. The lowest BCUT2D eigenvalue weighted by molar-refractivity contribution is 0.248. The highest BCUT2D eigenvalue weighted by atomic mass is 32.2. The lowest BCUT2D eigenvalue weighted by atomic mass is 10.2. The second-order valence-electron chi connectivity index (χ2n) is 5.71. The van der Waals surface area contributed by atoms with Gasteiger partial charge in [0.2, 0.25) is 10.0 Å². The molecule has 0 saturated carbocycles. The zero-order chi connectivity index (χ0) is 15.7. The van der Waals surface area contributed by atoms with Gasteiger partial charge in [-0.1, -0.05) is 6.42 Å². The number of hydrogen-bond donors (Lipinski definition) is 1. The predicted octanol–water partition coefficient (Wildman–Crippen LogP) is 1.56. The van der Waals surface area contributed by atoms with Crippen molar-refractivity contribution in [2.45, 2.75) is 30.6 Å². The number of anilines is 1. The van der Waals surface area contributed by atoms with Gasteiger partial charge in [-0.2, -0.15) is 4.31 Å². The summed E-state index contributed by atoms with van der Waals surface area (Å²) in [7, 11) is -1.82. The number of nitrogens with zero attached hydrogens (tertiary/aromatic N) is 2. The van der Waals surface area contributed by atoms with Gasteiger partial charge < -0.3 is 5.32 Å². The zero-order valence-corrected chi connectivity index (χ0v) is 13.5. The van der Waals surface area contributed by atoms with E-state index < -0.39 is 10.0 Å². The smallest absolute Gasteiger partial charge is 0.321 e. The molecule has 1 aromatic carbocycles. The van der Waals surface area contributed by atoms with Crippen LogP contribution < -0.4 is 10.2 Å². The Morgan fingerprint density at radius 2 is 1.86 bits per heavy atom. The van der Waals surface area contributed by atoms with E-state index in [9.17, 15) is 13.2 Å². The number of urea groups is 1. The molecule has 1 N–H and O–H groups in total. The molecule has 0 aliphatic carbocycles. The van der Waals surface area contributed by atoms with Crippen molar-refractivity contribution in [2.75, 3.05) is 31.6 Å². The van der Waals surface area contributed by atoms with Crippen LogP contribution in [-0.2, 0) is 16.4 Å². The van der Waals surface area contributed by atoms with E-state index in [1.54, 1.807) is 34.5 Å². The number of carbonyl (C=O) groups excluding carboxylic acids is 1. The number of rotatable bonds is 2. The second kappa shape index (κ2) is 5.89. The standard InChI is InChI=1S/C15H21N3O3S/c1-16-15(19)18-10-7-12-11-13(5-6-14(12)18)22(20,21)17-8-3-2-4-9-17/h5-6,11H,2-4,7-10H2,1H3,(H,16,19). The summed E-state index contributed by atoms with van der Waals surface area (Å²) in [5.41, 5.74) is 1.72. The van der Waals surface area contributed by atoms with Crippen LogP contribution in [0.3, 0.4) is 0 Å². The number of benzene rings is 1. The summed E-state index contributed by atoms with van der Waals surface area (Å²) >= 11 is 0. The van der Waals surface area contributed by atoms with Crippen LogP contribution in [0.25, 0.3) is 0 Å². The molecule has 0 atom stereocenters. The van der Waals surface area contributed by atoms with Crippen molar-refractivity contribution in [3.05, 3.63) is 23.8 Å². The third-order valence-electron chi connectivity index (χ3n) is 4.36. The van der Waals surface area contributed by atoms with Crippen molar-refractivity contribution < 1.29 is 13.2 Å². The summed E-state index contributed by atoms with van der Waals surface area (Å²) in [4.78, 5) is 13.8.